The molecule has 2 heteroatoms. The minimum absolute atomic E-state index is 0.0965. The number of rotatable bonds is 3. The molecule has 86 valence electrons. The van der Waals surface area contributed by atoms with Crippen LogP contribution in [0.2, 0.25) is 0 Å². The SMILES string of the molecule is C=CC(=O)O[C@H]1C[C@@H](C)CC[C@@H]1C(C)C. The summed E-state index contributed by atoms with van der Waals surface area (Å²) < 4.78 is 5.43. The highest BCUT2D eigenvalue weighted by molar-refractivity contribution is 5.81. The van der Waals surface area contributed by atoms with Gasteiger partial charge < -0.3 is 4.74 Å². The standard InChI is InChI=1S/C13H22O2/c1-5-13(14)15-12-8-10(4)6-7-11(12)9(2)3/h5,9-12H,1,6-8H2,2-4H3/t10-,11+,12-/m0/s1. The highest BCUT2D eigenvalue weighted by Gasteiger charge is 2.32. The van der Waals surface area contributed by atoms with Crippen LogP contribution in [0.15, 0.2) is 12.7 Å². The second-order valence-corrected chi connectivity index (χ2v) is 5.01. The Bertz CT molecular complexity index is 233. The number of esters is 1. The fourth-order valence-corrected chi connectivity index (χ4v) is 2.45. The quantitative estimate of drug-likeness (QED) is 0.528. The van der Waals surface area contributed by atoms with Gasteiger partial charge in [-0.05, 0) is 30.6 Å². The molecular weight excluding hydrogens is 188 g/mol. The summed E-state index contributed by atoms with van der Waals surface area (Å²) in [6.45, 7) is 10.1. The maximum Gasteiger partial charge on any atom is 0.330 e. The van der Waals surface area contributed by atoms with E-state index in [4.69, 9.17) is 4.74 Å². The molecule has 0 aromatic heterocycles. The van der Waals surface area contributed by atoms with E-state index in [1.807, 2.05) is 0 Å². The van der Waals surface area contributed by atoms with E-state index in [-0.39, 0.29) is 12.1 Å². The summed E-state index contributed by atoms with van der Waals surface area (Å²) in [4.78, 5) is 11.2. The molecule has 0 spiro atoms. The van der Waals surface area contributed by atoms with Crippen LogP contribution >= 0.6 is 0 Å². The highest BCUT2D eigenvalue weighted by atomic mass is 16.5. The first-order chi connectivity index (χ1) is 7.04. The van der Waals surface area contributed by atoms with E-state index in [1.54, 1.807) is 0 Å². The van der Waals surface area contributed by atoms with Crippen LogP contribution in [0.1, 0.15) is 40.0 Å². The molecule has 0 saturated heterocycles. The molecule has 1 saturated carbocycles. The van der Waals surface area contributed by atoms with Gasteiger partial charge in [0.25, 0.3) is 0 Å². The zero-order valence-corrected chi connectivity index (χ0v) is 10.0. The summed E-state index contributed by atoms with van der Waals surface area (Å²) in [6.07, 6.45) is 4.79. The molecule has 0 amide bonds. The van der Waals surface area contributed by atoms with Crippen LogP contribution in [0.4, 0.5) is 0 Å². The molecule has 15 heavy (non-hydrogen) atoms. The van der Waals surface area contributed by atoms with Crippen molar-refractivity contribution in [2.45, 2.75) is 46.1 Å². The number of carbonyl (C=O) groups is 1. The largest absolute Gasteiger partial charge is 0.459 e. The number of carbonyl (C=O) groups excluding carboxylic acids is 1. The van der Waals surface area contributed by atoms with E-state index >= 15 is 0 Å². The fourth-order valence-electron chi connectivity index (χ4n) is 2.45. The van der Waals surface area contributed by atoms with E-state index in [1.165, 1.54) is 18.9 Å². The summed E-state index contributed by atoms with van der Waals surface area (Å²) in [7, 11) is 0. The normalized spacial score (nSPS) is 31.3. The van der Waals surface area contributed by atoms with Crippen LogP contribution in [0.5, 0.6) is 0 Å². The van der Waals surface area contributed by atoms with E-state index < -0.39 is 0 Å². The van der Waals surface area contributed by atoms with Crippen LogP contribution in [0.3, 0.4) is 0 Å². The Morgan fingerprint density at radius 2 is 2.13 bits per heavy atom. The molecule has 0 heterocycles. The molecule has 1 fully saturated rings. The van der Waals surface area contributed by atoms with Crippen molar-refractivity contribution in [2.24, 2.45) is 17.8 Å². The highest BCUT2D eigenvalue weighted by Crippen LogP contribution is 2.35. The first kappa shape index (κ1) is 12.3. The van der Waals surface area contributed by atoms with Crippen molar-refractivity contribution in [3.63, 3.8) is 0 Å². The van der Waals surface area contributed by atoms with Crippen LogP contribution in [-0.2, 0) is 9.53 Å². The first-order valence-corrected chi connectivity index (χ1v) is 5.87. The maximum absolute atomic E-state index is 11.2. The summed E-state index contributed by atoms with van der Waals surface area (Å²) in [5.41, 5.74) is 0. The Morgan fingerprint density at radius 1 is 1.47 bits per heavy atom. The molecule has 3 atom stereocenters. The van der Waals surface area contributed by atoms with E-state index in [9.17, 15) is 4.79 Å². The number of hydrogen-bond acceptors (Lipinski definition) is 2. The van der Waals surface area contributed by atoms with Crippen LogP contribution < -0.4 is 0 Å². The van der Waals surface area contributed by atoms with Crippen molar-refractivity contribution in [3.05, 3.63) is 12.7 Å². The second kappa shape index (κ2) is 5.34. The lowest BCUT2D eigenvalue weighted by molar-refractivity contribution is -0.149. The minimum atomic E-state index is -0.278. The number of ether oxygens (including phenoxy) is 1. The monoisotopic (exact) mass is 210 g/mol. The molecule has 0 bridgehead atoms. The van der Waals surface area contributed by atoms with Crippen molar-refractivity contribution < 1.29 is 9.53 Å². The third-order valence-electron chi connectivity index (χ3n) is 3.40. The molecule has 0 N–H and O–H groups in total. The lowest BCUT2D eigenvalue weighted by Crippen LogP contribution is -2.35. The zero-order valence-electron chi connectivity index (χ0n) is 10.0. The van der Waals surface area contributed by atoms with Crippen molar-refractivity contribution in [3.8, 4) is 0 Å². The van der Waals surface area contributed by atoms with E-state index in [0.29, 0.717) is 17.8 Å². The van der Waals surface area contributed by atoms with E-state index in [0.717, 1.165) is 6.42 Å². The topological polar surface area (TPSA) is 26.3 Å². The van der Waals surface area contributed by atoms with Gasteiger partial charge in [-0.25, -0.2) is 4.79 Å². The predicted octanol–water partition coefficient (Wildman–Crippen LogP) is 3.18. The summed E-state index contributed by atoms with van der Waals surface area (Å²) in [6, 6.07) is 0. The van der Waals surface area contributed by atoms with Crippen molar-refractivity contribution >= 4 is 5.97 Å². The zero-order chi connectivity index (χ0) is 11.4. The Balaban J connectivity index is 2.61. The van der Waals surface area contributed by atoms with Gasteiger partial charge in [0.2, 0.25) is 0 Å². The molecule has 0 aromatic carbocycles. The molecule has 1 aliphatic rings. The van der Waals surface area contributed by atoms with Crippen LogP contribution in [0.25, 0.3) is 0 Å². The second-order valence-electron chi connectivity index (χ2n) is 5.01. The fraction of sp³-hybridized carbons (Fsp3) is 0.769. The lowest BCUT2D eigenvalue weighted by Gasteiger charge is -2.36. The Labute approximate surface area is 92.7 Å². The van der Waals surface area contributed by atoms with Gasteiger partial charge in [0.1, 0.15) is 6.10 Å². The third-order valence-corrected chi connectivity index (χ3v) is 3.40. The third kappa shape index (κ3) is 3.37. The van der Waals surface area contributed by atoms with Gasteiger partial charge in [0, 0.05) is 6.08 Å². The predicted molar refractivity (Wildman–Crippen MR) is 61.4 cm³/mol. The summed E-state index contributed by atoms with van der Waals surface area (Å²) in [5, 5.41) is 0. The summed E-state index contributed by atoms with van der Waals surface area (Å²) in [5.74, 6) is 1.49. The number of hydrogen-bond donors (Lipinski definition) is 0. The van der Waals surface area contributed by atoms with Gasteiger partial charge in [-0.3, -0.25) is 0 Å². The minimum Gasteiger partial charge on any atom is -0.459 e. The van der Waals surface area contributed by atoms with Gasteiger partial charge in [-0.15, -0.1) is 0 Å². The molecule has 1 aliphatic carbocycles. The van der Waals surface area contributed by atoms with Gasteiger partial charge in [0.05, 0.1) is 0 Å². The average molecular weight is 210 g/mol. The molecule has 1 rings (SSSR count). The van der Waals surface area contributed by atoms with Crippen molar-refractivity contribution in [1.82, 2.24) is 0 Å². The van der Waals surface area contributed by atoms with Gasteiger partial charge >= 0.3 is 5.97 Å². The smallest absolute Gasteiger partial charge is 0.330 e. The molecule has 0 aromatic rings. The Morgan fingerprint density at radius 3 is 2.67 bits per heavy atom. The Hall–Kier alpha value is -0.790. The van der Waals surface area contributed by atoms with Gasteiger partial charge in [-0.2, -0.15) is 0 Å². The van der Waals surface area contributed by atoms with Crippen molar-refractivity contribution in [2.75, 3.05) is 0 Å². The lowest BCUT2D eigenvalue weighted by atomic mass is 9.75. The van der Waals surface area contributed by atoms with Crippen molar-refractivity contribution in [1.29, 1.82) is 0 Å². The maximum atomic E-state index is 11.2. The molecule has 2 nitrogen and oxygen atoms in total. The van der Waals surface area contributed by atoms with Gasteiger partial charge in [0.15, 0.2) is 0 Å². The van der Waals surface area contributed by atoms with Gasteiger partial charge in [-0.1, -0.05) is 33.8 Å². The van der Waals surface area contributed by atoms with Crippen LogP contribution in [0, 0.1) is 17.8 Å². The van der Waals surface area contributed by atoms with Crippen LogP contribution in [-0.4, -0.2) is 12.1 Å². The Kier molecular flexibility index (Phi) is 4.37. The molecule has 0 aliphatic heterocycles. The van der Waals surface area contributed by atoms with E-state index in [2.05, 4.69) is 27.4 Å². The molecular formula is C13H22O2. The summed E-state index contributed by atoms with van der Waals surface area (Å²) >= 11 is 0. The molecule has 0 radical (unpaired) electrons. The first-order valence-electron chi connectivity index (χ1n) is 5.87. The molecule has 0 unspecified atom stereocenters. The average Bonchev–Trinajstić information content (AvgIpc) is 2.17.